The Morgan fingerprint density at radius 2 is 1.95 bits per heavy atom. The van der Waals surface area contributed by atoms with Crippen LogP contribution in [0.2, 0.25) is 0 Å². The van der Waals surface area contributed by atoms with Crippen LogP contribution in [0.5, 0.6) is 0 Å². The Hall–Kier alpha value is -1.60. The third-order valence-corrected chi connectivity index (χ3v) is 2.74. The SMILES string of the molecule is NC(=O)CN(Cc1ccc(Br)cc1)C(=O)OCCO. The molecule has 0 heterocycles. The molecule has 0 saturated heterocycles. The van der Waals surface area contributed by atoms with E-state index in [1.165, 1.54) is 4.90 Å². The summed E-state index contributed by atoms with van der Waals surface area (Å²) in [6.07, 6.45) is -0.684. The molecule has 1 rings (SSSR count). The fourth-order valence-electron chi connectivity index (χ4n) is 1.41. The summed E-state index contributed by atoms with van der Waals surface area (Å²) in [7, 11) is 0. The molecule has 0 aliphatic heterocycles. The Bertz CT molecular complexity index is 436. The molecule has 0 radical (unpaired) electrons. The highest BCUT2D eigenvalue weighted by Gasteiger charge is 2.17. The zero-order valence-corrected chi connectivity index (χ0v) is 11.8. The van der Waals surface area contributed by atoms with Gasteiger partial charge in [0.05, 0.1) is 6.61 Å². The van der Waals surface area contributed by atoms with Gasteiger partial charge in [0.2, 0.25) is 5.91 Å². The zero-order valence-electron chi connectivity index (χ0n) is 10.2. The smallest absolute Gasteiger partial charge is 0.410 e. The van der Waals surface area contributed by atoms with E-state index in [9.17, 15) is 9.59 Å². The van der Waals surface area contributed by atoms with Crippen molar-refractivity contribution >= 4 is 27.9 Å². The van der Waals surface area contributed by atoms with Crippen molar-refractivity contribution < 1.29 is 19.4 Å². The number of ether oxygens (including phenoxy) is 1. The minimum absolute atomic E-state index is 0.117. The number of nitrogens with two attached hydrogens (primary N) is 1. The lowest BCUT2D eigenvalue weighted by molar-refractivity contribution is -0.119. The van der Waals surface area contributed by atoms with Gasteiger partial charge in [-0.05, 0) is 17.7 Å². The van der Waals surface area contributed by atoms with Crippen molar-refractivity contribution in [2.24, 2.45) is 5.73 Å². The highest BCUT2D eigenvalue weighted by Crippen LogP contribution is 2.12. The Morgan fingerprint density at radius 3 is 2.47 bits per heavy atom. The first-order valence-electron chi connectivity index (χ1n) is 5.58. The molecule has 3 N–H and O–H groups in total. The van der Waals surface area contributed by atoms with Crippen LogP contribution in [0.25, 0.3) is 0 Å². The minimum atomic E-state index is -0.684. The molecule has 0 fully saturated rings. The average molecular weight is 331 g/mol. The van der Waals surface area contributed by atoms with Crippen molar-refractivity contribution in [3.63, 3.8) is 0 Å². The zero-order chi connectivity index (χ0) is 14.3. The van der Waals surface area contributed by atoms with Gasteiger partial charge in [-0.3, -0.25) is 9.69 Å². The van der Waals surface area contributed by atoms with Crippen LogP contribution >= 0.6 is 15.9 Å². The maximum absolute atomic E-state index is 11.7. The molecule has 1 aromatic carbocycles. The second kappa shape index (κ2) is 7.75. The molecule has 1 aromatic rings. The van der Waals surface area contributed by atoms with Crippen molar-refractivity contribution in [3.05, 3.63) is 34.3 Å². The Morgan fingerprint density at radius 1 is 1.32 bits per heavy atom. The van der Waals surface area contributed by atoms with Crippen molar-refractivity contribution in [1.29, 1.82) is 0 Å². The van der Waals surface area contributed by atoms with E-state index < -0.39 is 12.0 Å². The Balaban J connectivity index is 2.70. The van der Waals surface area contributed by atoms with Crippen LogP contribution in [0.3, 0.4) is 0 Å². The normalized spacial score (nSPS) is 10.0. The van der Waals surface area contributed by atoms with E-state index in [-0.39, 0.29) is 26.3 Å². The average Bonchev–Trinajstić information content (AvgIpc) is 2.37. The van der Waals surface area contributed by atoms with Crippen LogP contribution in [0, 0.1) is 0 Å². The molecule has 0 spiro atoms. The van der Waals surface area contributed by atoms with Gasteiger partial charge in [0.25, 0.3) is 0 Å². The second-order valence-electron chi connectivity index (χ2n) is 3.79. The van der Waals surface area contributed by atoms with E-state index in [2.05, 4.69) is 15.9 Å². The summed E-state index contributed by atoms with van der Waals surface area (Å²) in [6.45, 7) is -0.413. The van der Waals surface area contributed by atoms with E-state index in [0.29, 0.717) is 0 Å². The first-order chi connectivity index (χ1) is 9.02. The van der Waals surface area contributed by atoms with Gasteiger partial charge in [-0.1, -0.05) is 28.1 Å². The fraction of sp³-hybridized carbons (Fsp3) is 0.333. The van der Waals surface area contributed by atoms with Crippen LogP contribution in [0.15, 0.2) is 28.7 Å². The monoisotopic (exact) mass is 330 g/mol. The predicted octanol–water partition coefficient (Wildman–Crippen LogP) is 0.865. The lowest BCUT2D eigenvalue weighted by Gasteiger charge is -2.20. The Labute approximate surface area is 119 Å². The molecular formula is C12H15BrN2O4. The first kappa shape index (κ1) is 15.5. The number of hydrogen-bond acceptors (Lipinski definition) is 4. The number of rotatable bonds is 6. The number of amides is 2. The number of benzene rings is 1. The number of aliphatic hydroxyl groups is 1. The summed E-state index contributed by atoms with van der Waals surface area (Å²) in [4.78, 5) is 23.8. The molecule has 0 unspecified atom stereocenters. The largest absolute Gasteiger partial charge is 0.447 e. The lowest BCUT2D eigenvalue weighted by atomic mass is 10.2. The molecule has 104 valence electrons. The van der Waals surface area contributed by atoms with Crippen molar-refractivity contribution in [2.45, 2.75) is 6.54 Å². The van der Waals surface area contributed by atoms with E-state index in [1.54, 1.807) is 0 Å². The summed E-state index contributed by atoms with van der Waals surface area (Å²) in [6, 6.07) is 7.29. The number of aliphatic hydroxyl groups excluding tert-OH is 1. The number of nitrogens with zero attached hydrogens (tertiary/aromatic N) is 1. The second-order valence-corrected chi connectivity index (χ2v) is 4.70. The van der Waals surface area contributed by atoms with Crippen molar-refractivity contribution in [2.75, 3.05) is 19.8 Å². The molecule has 7 heteroatoms. The number of halogens is 1. The summed E-state index contributed by atoms with van der Waals surface area (Å²) in [5.74, 6) is -0.627. The fourth-order valence-corrected chi connectivity index (χ4v) is 1.67. The van der Waals surface area contributed by atoms with E-state index in [4.69, 9.17) is 15.6 Å². The van der Waals surface area contributed by atoms with Crippen molar-refractivity contribution in [1.82, 2.24) is 4.90 Å². The lowest BCUT2D eigenvalue weighted by Crippen LogP contribution is -2.38. The standard InChI is InChI=1S/C12H15BrN2O4/c13-10-3-1-9(2-4-10)7-15(8-11(14)17)12(18)19-6-5-16/h1-4,16H,5-8H2,(H2,14,17). The van der Waals surface area contributed by atoms with Crippen LogP contribution < -0.4 is 5.73 Å². The summed E-state index contributed by atoms with van der Waals surface area (Å²) < 4.78 is 5.69. The van der Waals surface area contributed by atoms with Gasteiger partial charge in [0.1, 0.15) is 13.2 Å². The van der Waals surface area contributed by atoms with Crippen LogP contribution in [-0.2, 0) is 16.1 Å². The topological polar surface area (TPSA) is 92.9 Å². The van der Waals surface area contributed by atoms with Gasteiger partial charge in [0, 0.05) is 11.0 Å². The molecule has 0 atom stereocenters. The Kier molecular flexibility index (Phi) is 6.31. The molecule has 0 aliphatic carbocycles. The van der Waals surface area contributed by atoms with Crippen LogP contribution in [0.1, 0.15) is 5.56 Å². The van der Waals surface area contributed by atoms with Gasteiger partial charge in [-0.2, -0.15) is 0 Å². The van der Waals surface area contributed by atoms with Gasteiger partial charge >= 0.3 is 6.09 Å². The van der Waals surface area contributed by atoms with Gasteiger partial charge in [-0.25, -0.2) is 4.79 Å². The summed E-state index contributed by atoms with van der Waals surface area (Å²) in [5.41, 5.74) is 5.93. The number of carbonyl (C=O) groups excluding carboxylic acids is 2. The predicted molar refractivity (Wildman–Crippen MR) is 72.2 cm³/mol. The van der Waals surface area contributed by atoms with Crippen LogP contribution in [-0.4, -0.2) is 41.8 Å². The quantitative estimate of drug-likeness (QED) is 0.809. The molecule has 0 saturated carbocycles. The van der Waals surface area contributed by atoms with Crippen molar-refractivity contribution in [3.8, 4) is 0 Å². The third-order valence-electron chi connectivity index (χ3n) is 2.21. The molecule has 2 amide bonds. The van der Waals surface area contributed by atoms with E-state index >= 15 is 0 Å². The minimum Gasteiger partial charge on any atom is -0.447 e. The first-order valence-corrected chi connectivity index (χ1v) is 6.37. The molecular weight excluding hydrogens is 316 g/mol. The van der Waals surface area contributed by atoms with Crippen LogP contribution in [0.4, 0.5) is 4.79 Å². The van der Waals surface area contributed by atoms with E-state index in [0.717, 1.165) is 10.0 Å². The highest BCUT2D eigenvalue weighted by molar-refractivity contribution is 9.10. The maximum Gasteiger partial charge on any atom is 0.410 e. The summed E-state index contributed by atoms with van der Waals surface area (Å²) >= 11 is 3.31. The molecule has 19 heavy (non-hydrogen) atoms. The van der Waals surface area contributed by atoms with Gasteiger partial charge < -0.3 is 15.6 Å². The highest BCUT2D eigenvalue weighted by atomic mass is 79.9. The third kappa shape index (κ3) is 5.71. The number of hydrogen-bond donors (Lipinski definition) is 2. The number of primary amides is 1. The number of carbonyl (C=O) groups is 2. The van der Waals surface area contributed by atoms with Gasteiger partial charge in [0.15, 0.2) is 0 Å². The summed E-state index contributed by atoms with van der Waals surface area (Å²) in [5, 5.41) is 8.61. The van der Waals surface area contributed by atoms with Gasteiger partial charge in [-0.15, -0.1) is 0 Å². The molecule has 0 bridgehead atoms. The maximum atomic E-state index is 11.7. The van der Waals surface area contributed by atoms with E-state index in [1.807, 2.05) is 24.3 Å². The molecule has 6 nitrogen and oxygen atoms in total. The molecule has 0 aromatic heterocycles. The molecule has 0 aliphatic rings.